The molecular weight excluding hydrogens is 356 g/mol. The molecule has 1 fully saturated rings. The third-order valence-corrected chi connectivity index (χ3v) is 5.12. The van der Waals surface area contributed by atoms with E-state index in [0.29, 0.717) is 23.0 Å². The minimum atomic E-state index is -0.994. The van der Waals surface area contributed by atoms with Crippen molar-refractivity contribution in [3.05, 3.63) is 53.3 Å². The first-order valence-electron chi connectivity index (χ1n) is 9.34. The number of aromatic carboxylic acids is 1. The van der Waals surface area contributed by atoms with Gasteiger partial charge in [-0.1, -0.05) is 31.9 Å². The molecular formula is C22H22N2O4. The van der Waals surface area contributed by atoms with Crippen molar-refractivity contribution in [1.29, 1.82) is 5.26 Å². The van der Waals surface area contributed by atoms with Gasteiger partial charge in [-0.3, -0.25) is 4.79 Å². The molecule has 1 heterocycles. The zero-order valence-corrected chi connectivity index (χ0v) is 15.6. The zero-order chi connectivity index (χ0) is 20.1. The first-order valence-corrected chi connectivity index (χ1v) is 9.34. The van der Waals surface area contributed by atoms with Gasteiger partial charge in [-0.15, -0.1) is 0 Å². The van der Waals surface area contributed by atoms with Crippen LogP contribution < -0.4 is 5.32 Å². The predicted molar refractivity (Wildman–Crippen MR) is 104 cm³/mol. The van der Waals surface area contributed by atoms with E-state index in [-0.39, 0.29) is 23.1 Å². The highest BCUT2D eigenvalue weighted by atomic mass is 16.4. The van der Waals surface area contributed by atoms with E-state index >= 15 is 0 Å². The van der Waals surface area contributed by atoms with Crippen molar-refractivity contribution in [2.24, 2.45) is 5.92 Å². The summed E-state index contributed by atoms with van der Waals surface area (Å²) in [5.74, 6) is -0.0549. The van der Waals surface area contributed by atoms with Gasteiger partial charge in [0.2, 0.25) is 0 Å². The van der Waals surface area contributed by atoms with Gasteiger partial charge in [0.25, 0.3) is 5.91 Å². The van der Waals surface area contributed by atoms with Crippen LogP contribution in [0.3, 0.4) is 0 Å². The monoisotopic (exact) mass is 378 g/mol. The molecule has 0 spiro atoms. The Labute approximate surface area is 163 Å². The minimum Gasteiger partial charge on any atom is -0.478 e. The molecule has 1 aromatic heterocycles. The number of nitriles is 1. The fraction of sp³-hybridized carbons (Fsp3) is 0.318. The summed E-state index contributed by atoms with van der Waals surface area (Å²) >= 11 is 0. The topological polar surface area (TPSA) is 103 Å². The van der Waals surface area contributed by atoms with Crippen LogP contribution in [0.25, 0.3) is 17.4 Å². The number of carbonyl (C=O) groups is 2. The molecule has 2 N–H and O–H groups in total. The molecule has 1 saturated carbocycles. The molecule has 0 bridgehead atoms. The number of carboxylic acid groups (broad SMARTS) is 1. The lowest BCUT2D eigenvalue weighted by molar-refractivity contribution is -0.118. The summed E-state index contributed by atoms with van der Waals surface area (Å²) < 4.78 is 5.71. The van der Waals surface area contributed by atoms with Gasteiger partial charge in [-0.2, -0.15) is 5.26 Å². The number of hydrogen-bond donors (Lipinski definition) is 2. The maximum absolute atomic E-state index is 12.5. The summed E-state index contributed by atoms with van der Waals surface area (Å²) in [5.41, 5.74) is 0.902. The normalized spacial score (nSPS) is 19.6. The van der Waals surface area contributed by atoms with E-state index in [1.54, 1.807) is 24.3 Å². The highest BCUT2D eigenvalue weighted by Crippen LogP contribution is 2.25. The van der Waals surface area contributed by atoms with Crippen molar-refractivity contribution >= 4 is 18.0 Å². The van der Waals surface area contributed by atoms with E-state index in [9.17, 15) is 14.9 Å². The lowest BCUT2D eigenvalue weighted by atomic mass is 9.86. The summed E-state index contributed by atoms with van der Waals surface area (Å²) in [6.45, 7) is 2.12. The minimum absolute atomic E-state index is 0.0000939. The number of hydrogen-bond acceptors (Lipinski definition) is 4. The summed E-state index contributed by atoms with van der Waals surface area (Å²) in [6, 6.07) is 11.7. The number of benzene rings is 1. The van der Waals surface area contributed by atoms with Crippen molar-refractivity contribution < 1.29 is 19.1 Å². The molecule has 2 atom stereocenters. The Balaban J connectivity index is 1.73. The van der Waals surface area contributed by atoms with E-state index in [2.05, 4.69) is 12.2 Å². The maximum Gasteiger partial charge on any atom is 0.335 e. The standard InChI is InChI=1S/C22H22N2O4/c1-14-4-2-3-5-19(14)24-21(25)17(13-23)12-18-10-11-20(28-18)15-6-8-16(9-7-15)22(26)27/h6-12,14,19H,2-5H2,1H3,(H,24,25)(H,26,27)/b17-12+/t14-,19+/m0/s1. The number of furan rings is 1. The molecule has 0 unspecified atom stereocenters. The second-order valence-electron chi connectivity index (χ2n) is 7.10. The first-order chi connectivity index (χ1) is 13.5. The second-order valence-corrected chi connectivity index (χ2v) is 7.10. The Morgan fingerprint density at radius 2 is 1.89 bits per heavy atom. The number of amides is 1. The fourth-order valence-corrected chi connectivity index (χ4v) is 3.43. The van der Waals surface area contributed by atoms with Crippen LogP contribution in [0.5, 0.6) is 0 Å². The number of carboxylic acids is 1. The molecule has 1 aliphatic rings. The zero-order valence-electron chi connectivity index (χ0n) is 15.6. The lowest BCUT2D eigenvalue weighted by Crippen LogP contribution is -2.41. The Morgan fingerprint density at radius 1 is 1.18 bits per heavy atom. The maximum atomic E-state index is 12.5. The van der Waals surface area contributed by atoms with Crippen molar-refractivity contribution in [2.45, 2.75) is 38.6 Å². The van der Waals surface area contributed by atoms with E-state index in [4.69, 9.17) is 9.52 Å². The molecule has 1 aromatic carbocycles. The average Bonchev–Trinajstić information content (AvgIpc) is 3.16. The first kappa shape index (κ1) is 19.4. The summed E-state index contributed by atoms with van der Waals surface area (Å²) in [5, 5.41) is 21.3. The largest absolute Gasteiger partial charge is 0.478 e. The summed E-state index contributed by atoms with van der Waals surface area (Å²) in [6.07, 6.45) is 5.71. The van der Waals surface area contributed by atoms with Crippen molar-refractivity contribution in [1.82, 2.24) is 5.32 Å². The predicted octanol–water partition coefficient (Wildman–Crippen LogP) is 4.25. The van der Waals surface area contributed by atoms with Gasteiger partial charge < -0.3 is 14.8 Å². The van der Waals surface area contributed by atoms with Crippen LogP contribution in [0.15, 0.2) is 46.4 Å². The average molecular weight is 378 g/mol. The molecule has 0 saturated heterocycles. The number of nitrogens with zero attached hydrogens (tertiary/aromatic N) is 1. The van der Waals surface area contributed by atoms with Crippen LogP contribution in [0.4, 0.5) is 0 Å². The SMILES string of the molecule is C[C@H]1CCCC[C@H]1NC(=O)/C(C#N)=C/c1ccc(-c2ccc(C(=O)O)cc2)o1. The number of carbonyl (C=O) groups excluding carboxylic acids is 1. The third kappa shape index (κ3) is 4.49. The van der Waals surface area contributed by atoms with Crippen molar-refractivity contribution in [3.63, 3.8) is 0 Å². The summed E-state index contributed by atoms with van der Waals surface area (Å²) in [7, 11) is 0. The Bertz CT molecular complexity index is 934. The molecule has 1 aliphatic carbocycles. The van der Waals surface area contributed by atoms with E-state index in [1.807, 2.05) is 6.07 Å². The molecule has 144 valence electrons. The number of rotatable bonds is 5. The van der Waals surface area contributed by atoms with Gasteiger partial charge in [0.05, 0.1) is 5.56 Å². The third-order valence-electron chi connectivity index (χ3n) is 5.12. The van der Waals surface area contributed by atoms with E-state index < -0.39 is 5.97 Å². The van der Waals surface area contributed by atoms with Crippen molar-refractivity contribution in [3.8, 4) is 17.4 Å². The smallest absolute Gasteiger partial charge is 0.335 e. The molecule has 6 heteroatoms. The Morgan fingerprint density at radius 3 is 2.54 bits per heavy atom. The molecule has 1 amide bonds. The fourth-order valence-electron chi connectivity index (χ4n) is 3.43. The van der Waals surface area contributed by atoms with Crippen molar-refractivity contribution in [2.75, 3.05) is 0 Å². The highest BCUT2D eigenvalue weighted by molar-refractivity contribution is 6.01. The van der Waals surface area contributed by atoms with Crippen LogP contribution in [-0.4, -0.2) is 23.0 Å². The molecule has 2 aromatic rings. The van der Waals surface area contributed by atoms with Gasteiger partial charge in [-0.25, -0.2) is 4.79 Å². The molecule has 0 aliphatic heterocycles. The van der Waals surface area contributed by atoms with Crippen LogP contribution in [0.2, 0.25) is 0 Å². The van der Waals surface area contributed by atoms with Gasteiger partial charge in [0.15, 0.2) is 0 Å². The molecule has 6 nitrogen and oxygen atoms in total. The highest BCUT2D eigenvalue weighted by Gasteiger charge is 2.24. The van der Waals surface area contributed by atoms with Crippen LogP contribution in [0.1, 0.15) is 48.7 Å². The van der Waals surface area contributed by atoms with E-state index in [0.717, 1.165) is 19.3 Å². The quantitative estimate of drug-likeness (QED) is 0.598. The van der Waals surface area contributed by atoms with E-state index in [1.165, 1.54) is 24.6 Å². The Kier molecular flexibility index (Phi) is 5.95. The molecule has 0 radical (unpaired) electrons. The second kappa shape index (κ2) is 8.57. The molecule has 3 rings (SSSR count). The van der Waals surface area contributed by atoms with Crippen LogP contribution >= 0.6 is 0 Å². The van der Waals surface area contributed by atoms with Gasteiger partial charge in [0, 0.05) is 17.7 Å². The Hall–Kier alpha value is -3.33. The number of nitrogens with one attached hydrogen (secondary N) is 1. The lowest BCUT2D eigenvalue weighted by Gasteiger charge is -2.29. The van der Waals surface area contributed by atoms with Crippen LogP contribution in [0, 0.1) is 17.2 Å². The summed E-state index contributed by atoms with van der Waals surface area (Å²) in [4.78, 5) is 23.4. The van der Waals surface area contributed by atoms with Gasteiger partial charge >= 0.3 is 5.97 Å². The molecule has 28 heavy (non-hydrogen) atoms. The van der Waals surface area contributed by atoms with Crippen LogP contribution in [-0.2, 0) is 4.79 Å². The van der Waals surface area contributed by atoms with Gasteiger partial charge in [0.1, 0.15) is 23.2 Å². The van der Waals surface area contributed by atoms with Gasteiger partial charge in [-0.05, 0) is 43.0 Å².